The van der Waals surface area contributed by atoms with E-state index in [9.17, 15) is 22.4 Å². The summed E-state index contributed by atoms with van der Waals surface area (Å²) in [7, 11) is 0. The average molecular weight is 385 g/mol. The zero-order valence-electron chi connectivity index (χ0n) is 14.7. The molecule has 146 valence electrons. The van der Waals surface area contributed by atoms with Gasteiger partial charge in [0.1, 0.15) is 0 Å². The van der Waals surface area contributed by atoms with Gasteiger partial charge in [-0.25, -0.2) is 9.97 Å². The zero-order valence-corrected chi connectivity index (χ0v) is 14.7. The molecule has 3 heterocycles. The van der Waals surface area contributed by atoms with Gasteiger partial charge in [-0.3, -0.25) is 4.79 Å². The van der Waals surface area contributed by atoms with Gasteiger partial charge < -0.3 is 14.4 Å². The van der Waals surface area contributed by atoms with Crippen molar-refractivity contribution >= 4 is 11.9 Å². The monoisotopic (exact) mass is 385 g/mol. The van der Waals surface area contributed by atoms with Gasteiger partial charge >= 0.3 is 6.18 Å². The van der Waals surface area contributed by atoms with E-state index < -0.39 is 17.7 Å². The normalized spacial score (nSPS) is 15.3. The Kier molecular flexibility index (Phi) is 5.33. The third-order valence-electron chi connectivity index (χ3n) is 4.37. The molecule has 0 radical (unpaired) electrons. The molecule has 1 aliphatic heterocycles. The van der Waals surface area contributed by atoms with Gasteiger partial charge in [0, 0.05) is 57.4 Å². The van der Waals surface area contributed by atoms with Crippen LogP contribution in [0.5, 0.6) is 0 Å². The van der Waals surface area contributed by atoms with E-state index in [1.54, 1.807) is 9.80 Å². The Hall–Kier alpha value is -2.65. The molecule has 2 aromatic rings. The van der Waals surface area contributed by atoms with Gasteiger partial charge in [0.25, 0.3) is 5.91 Å². The molecule has 0 bridgehead atoms. The van der Waals surface area contributed by atoms with Crippen LogP contribution in [0.15, 0.2) is 24.7 Å². The summed E-state index contributed by atoms with van der Waals surface area (Å²) in [6.07, 6.45) is -0.719. The maximum Gasteiger partial charge on any atom is 0.419 e. The fraction of sp³-hybridized carbons (Fsp3) is 0.471. The van der Waals surface area contributed by atoms with E-state index in [2.05, 4.69) is 9.97 Å². The van der Waals surface area contributed by atoms with Gasteiger partial charge in [0.05, 0.1) is 11.1 Å². The Bertz CT molecular complexity index is 795. The summed E-state index contributed by atoms with van der Waals surface area (Å²) in [5, 5.41) is 0. The molecule has 1 saturated heterocycles. The lowest BCUT2D eigenvalue weighted by Gasteiger charge is -2.34. The number of halogens is 4. The maximum atomic E-state index is 13.8. The second-order valence-electron chi connectivity index (χ2n) is 6.29. The number of nitrogens with zero attached hydrogens (tertiary/aromatic N) is 5. The standard InChI is InChI=1S/C17H19F4N5O/c1-2-3-26-11-12(8-14(26)18)15(27)24-4-6-25(7-5-24)16-22-9-13(10-23-16)17(19,20)21/h8-11H,2-7H2,1H3. The van der Waals surface area contributed by atoms with Crippen LogP contribution >= 0.6 is 0 Å². The lowest BCUT2D eigenvalue weighted by atomic mass is 10.2. The number of amides is 1. The second kappa shape index (κ2) is 7.53. The Labute approximate surface area is 153 Å². The van der Waals surface area contributed by atoms with Crippen LogP contribution in [0.2, 0.25) is 0 Å². The Morgan fingerprint density at radius 1 is 1.15 bits per heavy atom. The smallest absolute Gasteiger partial charge is 0.337 e. The number of alkyl halides is 3. The summed E-state index contributed by atoms with van der Waals surface area (Å²) in [5.74, 6) is -0.524. The summed E-state index contributed by atoms with van der Waals surface area (Å²) in [6.45, 7) is 3.89. The Balaban J connectivity index is 1.61. The quantitative estimate of drug-likeness (QED) is 0.760. The van der Waals surface area contributed by atoms with Crippen molar-refractivity contribution in [3.8, 4) is 0 Å². The van der Waals surface area contributed by atoms with E-state index in [0.29, 0.717) is 38.3 Å². The van der Waals surface area contributed by atoms with Gasteiger partial charge in [-0.1, -0.05) is 6.92 Å². The predicted octanol–water partition coefficient (Wildman–Crippen LogP) is 2.81. The third-order valence-corrected chi connectivity index (χ3v) is 4.37. The van der Waals surface area contributed by atoms with E-state index in [0.717, 1.165) is 18.8 Å². The highest BCUT2D eigenvalue weighted by molar-refractivity contribution is 5.94. The van der Waals surface area contributed by atoms with Gasteiger partial charge in [-0.2, -0.15) is 17.6 Å². The van der Waals surface area contributed by atoms with Crippen LogP contribution in [-0.4, -0.2) is 51.5 Å². The van der Waals surface area contributed by atoms with E-state index in [1.165, 1.54) is 16.8 Å². The van der Waals surface area contributed by atoms with Crippen molar-refractivity contribution in [3.05, 3.63) is 41.7 Å². The first-order valence-corrected chi connectivity index (χ1v) is 8.58. The van der Waals surface area contributed by atoms with E-state index in [-0.39, 0.29) is 11.9 Å². The summed E-state index contributed by atoms with van der Waals surface area (Å²) < 4.78 is 52.9. The number of aryl methyl sites for hydroxylation is 1. The SMILES string of the molecule is CCCn1cc(C(=O)N2CCN(c3ncc(C(F)(F)F)cn3)CC2)cc1F. The number of carbonyl (C=O) groups is 1. The van der Waals surface area contributed by atoms with Crippen LogP contribution in [0.25, 0.3) is 0 Å². The predicted molar refractivity (Wildman–Crippen MR) is 89.8 cm³/mol. The van der Waals surface area contributed by atoms with Crippen molar-refractivity contribution in [1.82, 2.24) is 19.4 Å². The molecule has 0 N–H and O–H groups in total. The average Bonchev–Trinajstić information content (AvgIpc) is 3.02. The van der Waals surface area contributed by atoms with Gasteiger partial charge in [0.15, 0.2) is 5.95 Å². The van der Waals surface area contributed by atoms with Gasteiger partial charge in [-0.05, 0) is 6.42 Å². The number of aromatic nitrogens is 3. The molecule has 0 saturated carbocycles. The molecular formula is C17H19F4N5O. The van der Waals surface area contributed by atoms with E-state index in [4.69, 9.17) is 0 Å². The van der Waals surface area contributed by atoms with E-state index >= 15 is 0 Å². The summed E-state index contributed by atoms with van der Waals surface area (Å²) in [4.78, 5) is 23.4. The maximum absolute atomic E-state index is 13.8. The molecule has 0 aromatic carbocycles. The first kappa shape index (κ1) is 19.1. The molecule has 3 rings (SSSR count). The molecule has 0 atom stereocenters. The van der Waals surface area contributed by atoms with Crippen LogP contribution in [0, 0.1) is 5.95 Å². The van der Waals surface area contributed by atoms with Crippen molar-refractivity contribution in [2.45, 2.75) is 26.1 Å². The highest BCUT2D eigenvalue weighted by atomic mass is 19.4. The Morgan fingerprint density at radius 3 is 2.33 bits per heavy atom. The van der Waals surface area contributed by atoms with Crippen molar-refractivity contribution in [3.63, 3.8) is 0 Å². The van der Waals surface area contributed by atoms with Crippen molar-refractivity contribution in [2.75, 3.05) is 31.1 Å². The van der Waals surface area contributed by atoms with Crippen molar-refractivity contribution in [2.24, 2.45) is 0 Å². The van der Waals surface area contributed by atoms with Crippen LogP contribution in [0.4, 0.5) is 23.5 Å². The first-order valence-electron chi connectivity index (χ1n) is 8.58. The molecule has 1 aliphatic rings. The molecule has 2 aromatic heterocycles. The lowest BCUT2D eigenvalue weighted by molar-refractivity contribution is -0.138. The third kappa shape index (κ3) is 4.20. The zero-order chi connectivity index (χ0) is 19.6. The van der Waals surface area contributed by atoms with Crippen molar-refractivity contribution < 1.29 is 22.4 Å². The van der Waals surface area contributed by atoms with Crippen molar-refractivity contribution in [1.29, 1.82) is 0 Å². The molecule has 6 nitrogen and oxygen atoms in total. The molecule has 0 unspecified atom stereocenters. The highest BCUT2D eigenvalue weighted by Crippen LogP contribution is 2.28. The molecule has 10 heteroatoms. The fourth-order valence-electron chi connectivity index (χ4n) is 2.93. The largest absolute Gasteiger partial charge is 0.419 e. The number of rotatable bonds is 4. The molecule has 1 amide bonds. The second-order valence-corrected chi connectivity index (χ2v) is 6.29. The molecule has 27 heavy (non-hydrogen) atoms. The molecule has 0 aliphatic carbocycles. The number of carbonyl (C=O) groups excluding carboxylic acids is 1. The van der Waals surface area contributed by atoms with Crippen LogP contribution in [-0.2, 0) is 12.7 Å². The molecule has 1 fully saturated rings. The minimum atomic E-state index is -4.48. The minimum absolute atomic E-state index is 0.190. The lowest BCUT2D eigenvalue weighted by Crippen LogP contribution is -2.49. The van der Waals surface area contributed by atoms with E-state index in [1.807, 2.05) is 6.92 Å². The summed E-state index contributed by atoms with van der Waals surface area (Å²) in [6, 6.07) is 1.23. The molecular weight excluding hydrogens is 366 g/mol. The number of hydrogen-bond donors (Lipinski definition) is 0. The number of piperazine rings is 1. The van der Waals surface area contributed by atoms with Gasteiger partial charge in [-0.15, -0.1) is 0 Å². The van der Waals surface area contributed by atoms with Crippen LogP contribution in [0.3, 0.4) is 0 Å². The number of anilines is 1. The first-order chi connectivity index (χ1) is 12.8. The van der Waals surface area contributed by atoms with Crippen LogP contribution < -0.4 is 4.90 Å². The van der Waals surface area contributed by atoms with Gasteiger partial charge in [0.2, 0.25) is 5.95 Å². The number of hydrogen-bond acceptors (Lipinski definition) is 4. The topological polar surface area (TPSA) is 54.3 Å². The van der Waals surface area contributed by atoms with Crippen LogP contribution in [0.1, 0.15) is 29.3 Å². The fourth-order valence-corrected chi connectivity index (χ4v) is 2.93. The summed E-state index contributed by atoms with van der Waals surface area (Å²) in [5.41, 5.74) is -0.612. The Morgan fingerprint density at radius 2 is 1.78 bits per heavy atom. The molecule has 0 spiro atoms. The highest BCUT2D eigenvalue weighted by Gasteiger charge is 2.32. The minimum Gasteiger partial charge on any atom is -0.337 e. The summed E-state index contributed by atoms with van der Waals surface area (Å²) >= 11 is 0.